The lowest BCUT2D eigenvalue weighted by atomic mass is 10.3. The highest BCUT2D eigenvalue weighted by molar-refractivity contribution is 7.92. The van der Waals surface area contributed by atoms with Gasteiger partial charge >= 0.3 is 0 Å². The van der Waals surface area contributed by atoms with Crippen molar-refractivity contribution in [3.05, 3.63) is 29.5 Å². The van der Waals surface area contributed by atoms with Crippen molar-refractivity contribution in [1.29, 1.82) is 0 Å². The van der Waals surface area contributed by atoms with E-state index >= 15 is 0 Å². The van der Waals surface area contributed by atoms with Gasteiger partial charge in [0.25, 0.3) is 5.91 Å². The molecule has 118 valence electrons. The van der Waals surface area contributed by atoms with Gasteiger partial charge in [0.05, 0.1) is 23.5 Å². The number of carbonyl (C=O) groups is 1. The number of carbonyl (C=O) groups excluding carboxylic acids is 1. The third-order valence-electron chi connectivity index (χ3n) is 3.80. The van der Waals surface area contributed by atoms with Crippen molar-refractivity contribution >= 4 is 27.1 Å². The largest absolute Gasteiger partial charge is 0.462 e. The second kappa shape index (κ2) is 5.85. The molecule has 2 aromatic rings. The zero-order valence-corrected chi connectivity index (χ0v) is 13.7. The lowest BCUT2D eigenvalue weighted by Crippen LogP contribution is -2.33. The lowest BCUT2D eigenvalue weighted by Gasteiger charge is -2.18. The minimum atomic E-state index is -3.10. The molecule has 3 heterocycles. The molecule has 1 aliphatic rings. The van der Waals surface area contributed by atoms with Crippen molar-refractivity contribution in [3.8, 4) is 10.8 Å². The second-order valence-corrected chi connectivity index (χ2v) is 8.83. The van der Waals surface area contributed by atoms with Gasteiger partial charge in [0.15, 0.2) is 20.6 Å². The number of sulfone groups is 1. The Balaban J connectivity index is 1.77. The van der Waals surface area contributed by atoms with Crippen molar-refractivity contribution < 1.29 is 17.6 Å². The number of amides is 1. The summed E-state index contributed by atoms with van der Waals surface area (Å²) in [6.45, 7) is 2.39. The Morgan fingerprint density at radius 2 is 2.27 bits per heavy atom. The van der Waals surface area contributed by atoms with Crippen molar-refractivity contribution in [2.24, 2.45) is 0 Å². The van der Waals surface area contributed by atoms with Gasteiger partial charge in [0.2, 0.25) is 0 Å². The third kappa shape index (κ3) is 2.93. The summed E-state index contributed by atoms with van der Waals surface area (Å²) in [4.78, 5) is 18.8. The Labute approximate surface area is 132 Å². The predicted molar refractivity (Wildman–Crippen MR) is 83.6 cm³/mol. The zero-order valence-electron chi connectivity index (χ0n) is 12.1. The van der Waals surface area contributed by atoms with Gasteiger partial charge in [0, 0.05) is 13.1 Å². The number of aromatic nitrogens is 1. The molecular formula is C14H16N2O4S2. The van der Waals surface area contributed by atoms with E-state index in [0.29, 0.717) is 28.6 Å². The minimum absolute atomic E-state index is 0.0176. The Morgan fingerprint density at radius 3 is 3.00 bits per heavy atom. The van der Waals surface area contributed by atoms with E-state index in [1.807, 2.05) is 0 Å². The van der Waals surface area contributed by atoms with E-state index < -0.39 is 15.1 Å². The SMILES string of the molecule is C[C@@H]1CCN(C(=O)c2cnc(-c3ccco3)s2)CCS1(=O)=O. The molecule has 0 unspecified atom stereocenters. The van der Waals surface area contributed by atoms with Crippen LogP contribution in [-0.2, 0) is 9.84 Å². The fourth-order valence-electron chi connectivity index (χ4n) is 2.31. The van der Waals surface area contributed by atoms with Crippen LogP contribution in [-0.4, -0.2) is 48.3 Å². The van der Waals surface area contributed by atoms with Crippen LogP contribution in [0.25, 0.3) is 10.8 Å². The first-order valence-corrected chi connectivity index (χ1v) is 9.51. The maximum atomic E-state index is 12.5. The van der Waals surface area contributed by atoms with Crippen molar-refractivity contribution in [2.45, 2.75) is 18.6 Å². The quantitative estimate of drug-likeness (QED) is 0.836. The topological polar surface area (TPSA) is 80.5 Å². The average Bonchev–Trinajstić information content (AvgIpc) is 3.14. The Kier molecular flexibility index (Phi) is 4.05. The van der Waals surface area contributed by atoms with Gasteiger partial charge in [-0.25, -0.2) is 13.4 Å². The van der Waals surface area contributed by atoms with E-state index in [2.05, 4.69) is 4.98 Å². The summed E-state index contributed by atoms with van der Waals surface area (Å²) < 4.78 is 29.1. The van der Waals surface area contributed by atoms with Crippen LogP contribution in [0.4, 0.5) is 0 Å². The van der Waals surface area contributed by atoms with Crippen LogP contribution in [0.15, 0.2) is 29.0 Å². The molecule has 2 aromatic heterocycles. The van der Waals surface area contributed by atoms with Crippen molar-refractivity contribution in [1.82, 2.24) is 9.88 Å². The third-order valence-corrected chi connectivity index (χ3v) is 7.01. The number of hydrogen-bond donors (Lipinski definition) is 0. The molecule has 0 bridgehead atoms. The van der Waals surface area contributed by atoms with Gasteiger partial charge < -0.3 is 9.32 Å². The van der Waals surface area contributed by atoms with E-state index in [4.69, 9.17) is 4.42 Å². The van der Waals surface area contributed by atoms with Gasteiger partial charge in [-0.2, -0.15) is 0 Å². The summed E-state index contributed by atoms with van der Waals surface area (Å²) in [5.41, 5.74) is 0. The molecule has 1 amide bonds. The molecule has 22 heavy (non-hydrogen) atoms. The molecule has 0 spiro atoms. The van der Waals surface area contributed by atoms with Gasteiger partial charge in [-0.15, -0.1) is 11.3 Å². The maximum absolute atomic E-state index is 12.5. The molecule has 0 aromatic carbocycles. The highest BCUT2D eigenvalue weighted by Crippen LogP contribution is 2.26. The summed E-state index contributed by atoms with van der Waals surface area (Å²) >= 11 is 1.25. The molecule has 0 saturated carbocycles. The Bertz CT molecular complexity index is 765. The molecule has 1 fully saturated rings. The fraction of sp³-hybridized carbons (Fsp3) is 0.429. The van der Waals surface area contributed by atoms with Gasteiger partial charge in [-0.3, -0.25) is 4.79 Å². The van der Waals surface area contributed by atoms with Crippen LogP contribution in [0.2, 0.25) is 0 Å². The average molecular weight is 340 g/mol. The number of rotatable bonds is 2. The molecule has 3 rings (SSSR count). The highest BCUT2D eigenvalue weighted by atomic mass is 32.2. The number of hydrogen-bond acceptors (Lipinski definition) is 6. The summed E-state index contributed by atoms with van der Waals surface area (Å²) in [5, 5.41) is 0.245. The lowest BCUT2D eigenvalue weighted by molar-refractivity contribution is 0.0771. The molecule has 0 radical (unpaired) electrons. The van der Waals surface area contributed by atoms with Gasteiger partial charge in [-0.1, -0.05) is 0 Å². The monoisotopic (exact) mass is 340 g/mol. The fourth-order valence-corrected chi connectivity index (χ4v) is 4.51. The first-order valence-electron chi connectivity index (χ1n) is 6.98. The maximum Gasteiger partial charge on any atom is 0.265 e. The Morgan fingerprint density at radius 1 is 1.45 bits per heavy atom. The summed E-state index contributed by atoms with van der Waals surface area (Å²) in [7, 11) is -3.10. The van der Waals surface area contributed by atoms with Crippen molar-refractivity contribution in [3.63, 3.8) is 0 Å². The smallest absolute Gasteiger partial charge is 0.265 e. The summed E-state index contributed by atoms with van der Waals surface area (Å²) in [6, 6.07) is 3.55. The van der Waals surface area contributed by atoms with Crippen LogP contribution < -0.4 is 0 Å². The van der Waals surface area contributed by atoms with Crippen LogP contribution in [0.1, 0.15) is 23.0 Å². The van der Waals surface area contributed by atoms with Gasteiger partial charge in [0.1, 0.15) is 4.88 Å². The first-order chi connectivity index (χ1) is 10.5. The predicted octanol–water partition coefficient (Wildman–Crippen LogP) is 2.05. The van der Waals surface area contributed by atoms with Crippen LogP contribution in [0, 0.1) is 0 Å². The minimum Gasteiger partial charge on any atom is -0.462 e. The molecule has 8 heteroatoms. The number of nitrogens with zero attached hydrogens (tertiary/aromatic N) is 2. The van der Waals surface area contributed by atoms with E-state index in [-0.39, 0.29) is 18.2 Å². The standard InChI is InChI=1S/C14H16N2O4S2/c1-10-4-5-16(6-8-22(10,18)19)14(17)12-9-15-13(21-12)11-3-2-7-20-11/h2-3,7,9-10H,4-6,8H2,1H3/t10-/m1/s1. The molecule has 6 nitrogen and oxygen atoms in total. The number of furan rings is 1. The van der Waals surface area contributed by atoms with E-state index in [1.165, 1.54) is 17.5 Å². The molecule has 1 aliphatic heterocycles. The van der Waals surface area contributed by atoms with E-state index in [9.17, 15) is 13.2 Å². The molecular weight excluding hydrogens is 324 g/mol. The van der Waals surface area contributed by atoms with Crippen LogP contribution in [0.3, 0.4) is 0 Å². The summed E-state index contributed by atoms with van der Waals surface area (Å²) in [5.74, 6) is 0.472. The van der Waals surface area contributed by atoms with Gasteiger partial charge in [-0.05, 0) is 25.5 Å². The normalized spacial score (nSPS) is 21.5. The first kappa shape index (κ1) is 15.2. The zero-order chi connectivity index (χ0) is 15.7. The van der Waals surface area contributed by atoms with E-state index in [0.717, 1.165) is 0 Å². The molecule has 1 atom stereocenters. The molecule has 0 aliphatic carbocycles. The van der Waals surface area contributed by atoms with Crippen LogP contribution >= 0.6 is 11.3 Å². The van der Waals surface area contributed by atoms with Crippen molar-refractivity contribution in [2.75, 3.05) is 18.8 Å². The summed E-state index contributed by atoms with van der Waals surface area (Å²) in [6.07, 6.45) is 3.55. The number of thiazole rings is 1. The molecule has 1 saturated heterocycles. The Hall–Kier alpha value is -1.67. The second-order valence-electron chi connectivity index (χ2n) is 5.27. The molecule has 0 N–H and O–H groups in total. The van der Waals surface area contributed by atoms with Crippen LogP contribution in [0.5, 0.6) is 0 Å². The highest BCUT2D eigenvalue weighted by Gasteiger charge is 2.29. The van der Waals surface area contributed by atoms with E-state index in [1.54, 1.807) is 30.2 Å².